The summed E-state index contributed by atoms with van der Waals surface area (Å²) < 4.78 is 0. The minimum absolute atomic E-state index is 0.677. The van der Waals surface area contributed by atoms with E-state index in [9.17, 15) is 4.79 Å². The molecule has 1 fully saturated rings. The highest BCUT2D eigenvalue weighted by molar-refractivity contribution is 5.64. The van der Waals surface area contributed by atoms with Crippen LogP contribution in [0.15, 0.2) is 12.2 Å². The second-order valence-electron chi connectivity index (χ2n) is 3.54. The number of allylic oxidation sites excluding steroid dienone is 2. The lowest BCUT2D eigenvalue weighted by Gasteiger charge is -2.23. The van der Waals surface area contributed by atoms with Crippen molar-refractivity contribution < 1.29 is 4.79 Å². The molecule has 0 aromatic carbocycles. The lowest BCUT2D eigenvalue weighted by molar-refractivity contribution is -0.104. The van der Waals surface area contributed by atoms with Crippen molar-refractivity contribution in [2.24, 2.45) is 11.8 Å². The van der Waals surface area contributed by atoms with Crippen molar-refractivity contribution >= 4 is 6.29 Å². The maximum atomic E-state index is 10.0. The molecular formula is C10H16O. The summed E-state index contributed by atoms with van der Waals surface area (Å²) in [7, 11) is 0. The first kappa shape index (κ1) is 8.51. The van der Waals surface area contributed by atoms with Crippen LogP contribution in [0.5, 0.6) is 0 Å². The Bertz CT molecular complexity index is 141. The SMILES string of the molecule is CC1CCC(C=CC=O)CC1. The highest BCUT2D eigenvalue weighted by Gasteiger charge is 2.15. The Labute approximate surface area is 68.5 Å². The highest BCUT2D eigenvalue weighted by atomic mass is 16.1. The third kappa shape index (κ3) is 2.87. The molecular weight excluding hydrogens is 136 g/mol. The Hall–Kier alpha value is -0.590. The summed E-state index contributed by atoms with van der Waals surface area (Å²) in [5.41, 5.74) is 0. The van der Waals surface area contributed by atoms with Crippen LogP contribution in [0.3, 0.4) is 0 Å². The topological polar surface area (TPSA) is 17.1 Å². The first-order valence-electron chi connectivity index (χ1n) is 4.45. The van der Waals surface area contributed by atoms with E-state index in [4.69, 9.17) is 0 Å². The van der Waals surface area contributed by atoms with Gasteiger partial charge >= 0.3 is 0 Å². The number of aldehydes is 1. The van der Waals surface area contributed by atoms with E-state index in [2.05, 4.69) is 13.0 Å². The molecule has 0 aliphatic heterocycles. The number of rotatable bonds is 2. The van der Waals surface area contributed by atoms with Crippen LogP contribution in [0.2, 0.25) is 0 Å². The molecule has 0 aromatic heterocycles. The molecule has 0 spiro atoms. The Morgan fingerprint density at radius 1 is 1.18 bits per heavy atom. The van der Waals surface area contributed by atoms with E-state index in [1.807, 2.05) is 0 Å². The van der Waals surface area contributed by atoms with Crippen molar-refractivity contribution in [3.05, 3.63) is 12.2 Å². The molecule has 0 amide bonds. The van der Waals surface area contributed by atoms with Crippen LogP contribution >= 0.6 is 0 Å². The van der Waals surface area contributed by atoms with Crippen molar-refractivity contribution in [1.29, 1.82) is 0 Å². The monoisotopic (exact) mass is 152 g/mol. The van der Waals surface area contributed by atoms with Gasteiger partial charge in [0.2, 0.25) is 0 Å². The second kappa shape index (κ2) is 4.32. The molecule has 1 aliphatic carbocycles. The summed E-state index contributed by atoms with van der Waals surface area (Å²) >= 11 is 0. The van der Waals surface area contributed by atoms with E-state index in [1.54, 1.807) is 6.08 Å². The molecule has 1 heteroatoms. The Kier molecular flexibility index (Phi) is 3.34. The average molecular weight is 152 g/mol. The van der Waals surface area contributed by atoms with Gasteiger partial charge in [-0.1, -0.05) is 25.8 Å². The third-order valence-corrected chi connectivity index (χ3v) is 2.52. The van der Waals surface area contributed by atoms with E-state index in [1.165, 1.54) is 25.7 Å². The molecule has 0 radical (unpaired) electrons. The molecule has 0 unspecified atom stereocenters. The molecule has 1 nitrogen and oxygen atoms in total. The van der Waals surface area contributed by atoms with Crippen LogP contribution in [0.1, 0.15) is 32.6 Å². The van der Waals surface area contributed by atoms with Gasteiger partial charge < -0.3 is 0 Å². The van der Waals surface area contributed by atoms with Crippen LogP contribution in [-0.2, 0) is 4.79 Å². The highest BCUT2D eigenvalue weighted by Crippen LogP contribution is 2.28. The van der Waals surface area contributed by atoms with Crippen LogP contribution in [-0.4, -0.2) is 6.29 Å². The number of hydrogen-bond donors (Lipinski definition) is 0. The minimum Gasteiger partial charge on any atom is -0.299 e. The van der Waals surface area contributed by atoms with E-state index in [0.717, 1.165) is 12.2 Å². The van der Waals surface area contributed by atoms with Gasteiger partial charge in [0.25, 0.3) is 0 Å². The number of carbonyl (C=O) groups excluding carboxylic acids is 1. The second-order valence-corrected chi connectivity index (χ2v) is 3.54. The summed E-state index contributed by atoms with van der Waals surface area (Å²) in [5, 5.41) is 0. The molecule has 0 N–H and O–H groups in total. The summed E-state index contributed by atoms with van der Waals surface area (Å²) in [6, 6.07) is 0. The van der Waals surface area contributed by atoms with E-state index >= 15 is 0 Å². The van der Waals surface area contributed by atoms with Crippen LogP contribution in [0, 0.1) is 11.8 Å². The van der Waals surface area contributed by atoms with Gasteiger partial charge in [-0.15, -0.1) is 0 Å². The predicted molar refractivity (Wildman–Crippen MR) is 46.3 cm³/mol. The fourth-order valence-corrected chi connectivity index (χ4v) is 1.68. The van der Waals surface area contributed by atoms with Crippen molar-refractivity contribution in [3.8, 4) is 0 Å². The van der Waals surface area contributed by atoms with Gasteiger partial charge in [-0.05, 0) is 30.8 Å². The predicted octanol–water partition coefficient (Wildman–Crippen LogP) is 2.57. The van der Waals surface area contributed by atoms with Gasteiger partial charge in [-0.2, -0.15) is 0 Å². The average Bonchev–Trinajstić information content (AvgIpc) is 2.04. The minimum atomic E-state index is 0.677. The van der Waals surface area contributed by atoms with Gasteiger partial charge in [0.05, 0.1) is 0 Å². The fraction of sp³-hybridized carbons (Fsp3) is 0.700. The summed E-state index contributed by atoms with van der Waals surface area (Å²) in [5.74, 6) is 1.58. The normalized spacial score (nSPS) is 32.5. The summed E-state index contributed by atoms with van der Waals surface area (Å²) in [6.07, 6.45) is 9.76. The van der Waals surface area contributed by atoms with E-state index < -0.39 is 0 Å². The lowest BCUT2D eigenvalue weighted by Crippen LogP contribution is -2.09. The van der Waals surface area contributed by atoms with Gasteiger partial charge in [0, 0.05) is 0 Å². The Balaban J connectivity index is 2.27. The maximum Gasteiger partial charge on any atom is 0.142 e. The van der Waals surface area contributed by atoms with Gasteiger partial charge in [0.1, 0.15) is 6.29 Å². The molecule has 0 bridgehead atoms. The van der Waals surface area contributed by atoms with Crippen molar-refractivity contribution in [2.75, 3.05) is 0 Å². The molecule has 11 heavy (non-hydrogen) atoms. The zero-order valence-electron chi connectivity index (χ0n) is 7.12. The van der Waals surface area contributed by atoms with Crippen molar-refractivity contribution in [3.63, 3.8) is 0 Å². The van der Waals surface area contributed by atoms with Gasteiger partial charge in [0.15, 0.2) is 0 Å². The standard InChI is InChI=1S/C10H16O/c1-9-4-6-10(7-5-9)3-2-8-11/h2-3,8-10H,4-7H2,1H3. The van der Waals surface area contributed by atoms with Crippen molar-refractivity contribution in [1.82, 2.24) is 0 Å². The zero-order chi connectivity index (χ0) is 8.10. The number of carbonyl (C=O) groups is 1. The fourth-order valence-electron chi connectivity index (χ4n) is 1.68. The molecule has 0 aromatic rings. The molecule has 0 heterocycles. The Morgan fingerprint density at radius 3 is 2.36 bits per heavy atom. The molecule has 1 rings (SSSR count). The molecule has 62 valence electrons. The van der Waals surface area contributed by atoms with Gasteiger partial charge in [-0.3, -0.25) is 4.79 Å². The van der Waals surface area contributed by atoms with Crippen LogP contribution in [0.4, 0.5) is 0 Å². The summed E-state index contributed by atoms with van der Waals surface area (Å²) in [4.78, 5) is 10.0. The third-order valence-electron chi connectivity index (χ3n) is 2.52. The quantitative estimate of drug-likeness (QED) is 0.439. The molecule has 0 atom stereocenters. The lowest BCUT2D eigenvalue weighted by atomic mass is 9.83. The van der Waals surface area contributed by atoms with Crippen molar-refractivity contribution in [2.45, 2.75) is 32.6 Å². The zero-order valence-corrected chi connectivity index (χ0v) is 7.12. The molecule has 1 aliphatic rings. The van der Waals surface area contributed by atoms with Gasteiger partial charge in [-0.25, -0.2) is 0 Å². The van der Waals surface area contributed by atoms with E-state index in [-0.39, 0.29) is 0 Å². The van der Waals surface area contributed by atoms with Crippen LogP contribution < -0.4 is 0 Å². The first-order valence-corrected chi connectivity index (χ1v) is 4.45. The summed E-state index contributed by atoms with van der Waals surface area (Å²) in [6.45, 7) is 2.31. The van der Waals surface area contributed by atoms with E-state index in [0.29, 0.717) is 5.92 Å². The number of hydrogen-bond acceptors (Lipinski definition) is 1. The molecule has 1 saturated carbocycles. The Morgan fingerprint density at radius 2 is 1.82 bits per heavy atom. The largest absolute Gasteiger partial charge is 0.299 e. The van der Waals surface area contributed by atoms with Crippen LogP contribution in [0.25, 0.3) is 0 Å². The first-order chi connectivity index (χ1) is 5.33. The smallest absolute Gasteiger partial charge is 0.142 e. The molecule has 0 saturated heterocycles. The maximum absolute atomic E-state index is 10.0.